The maximum atomic E-state index is 13.6. The van der Waals surface area contributed by atoms with E-state index in [0.29, 0.717) is 22.0 Å². The standard InChI is InChI=1S/C10H9FN2OS/c1-14-6-2-3-7(8(11)4-6)9-10(12)15-5-13-9/h2-5H,12H2,1H3. The van der Waals surface area contributed by atoms with E-state index in [1.165, 1.54) is 24.5 Å². The normalized spacial score (nSPS) is 10.3. The van der Waals surface area contributed by atoms with Crippen LogP contribution in [0.25, 0.3) is 11.3 Å². The van der Waals surface area contributed by atoms with Crippen molar-refractivity contribution in [2.75, 3.05) is 12.8 Å². The van der Waals surface area contributed by atoms with Crippen LogP contribution in [-0.4, -0.2) is 12.1 Å². The molecule has 1 aromatic carbocycles. The minimum Gasteiger partial charge on any atom is -0.497 e. The highest BCUT2D eigenvalue weighted by atomic mass is 32.1. The molecular weight excluding hydrogens is 215 g/mol. The molecule has 0 aliphatic carbocycles. The number of aromatic nitrogens is 1. The maximum Gasteiger partial charge on any atom is 0.136 e. The van der Waals surface area contributed by atoms with Crippen molar-refractivity contribution in [3.63, 3.8) is 0 Å². The molecule has 0 radical (unpaired) electrons. The van der Waals surface area contributed by atoms with Gasteiger partial charge in [-0.2, -0.15) is 0 Å². The van der Waals surface area contributed by atoms with Crippen molar-refractivity contribution in [2.45, 2.75) is 0 Å². The van der Waals surface area contributed by atoms with Gasteiger partial charge in [-0.25, -0.2) is 9.37 Å². The predicted molar refractivity (Wildman–Crippen MR) is 58.5 cm³/mol. The van der Waals surface area contributed by atoms with E-state index < -0.39 is 0 Å². The second-order valence-corrected chi connectivity index (χ2v) is 3.80. The number of nitrogens with two attached hydrogens (primary N) is 1. The Morgan fingerprint density at radius 2 is 2.27 bits per heavy atom. The number of rotatable bonds is 2. The lowest BCUT2D eigenvalue weighted by atomic mass is 10.1. The Morgan fingerprint density at radius 3 is 2.80 bits per heavy atom. The average Bonchev–Trinajstić information content (AvgIpc) is 2.64. The fraction of sp³-hybridized carbons (Fsp3) is 0.100. The van der Waals surface area contributed by atoms with E-state index in [9.17, 15) is 4.39 Å². The predicted octanol–water partition coefficient (Wildman–Crippen LogP) is 2.54. The molecule has 15 heavy (non-hydrogen) atoms. The zero-order valence-corrected chi connectivity index (χ0v) is 8.84. The summed E-state index contributed by atoms with van der Waals surface area (Å²) < 4.78 is 18.5. The van der Waals surface area contributed by atoms with E-state index in [2.05, 4.69) is 4.98 Å². The highest BCUT2D eigenvalue weighted by molar-refractivity contribution is 7.14. The Kier molecular flexibility index (Phi) is 2.55. The molecule has 0 fully saturated rings. The second-order valence-electron chi connectivity index (χ2n) is 2.91. The van der Waals surface area contributed by atoms with Gasteiger partial charge in [-0.3, -0.25) is 0 Å². The van der Waals surface area contributed by atoms with Crippen LogP contribution >= 0.6 is 11.3 Å². The highest BCUT2D eigenvalue weighted by Gasteiger charge is 2.11. The Hall–Kier alpha value is -1.62. The summed E-state index contributed by atoms with van der Waals surface area (Å²) in [5.41, 5.74) is 8.15. The number of hydrogen-bond acceptors (Lipinski definition) is 4. The first-order valence-corrected chi connectivity index (χ1v) is 5.13. The van der Waals surface area contributed by atoms with Gasteiger partial charge in [0.1, 0.15) is 22.3 Å². The number of ether oxygens (including phenoxy) is 1. The van der Waals surface area contributed by atoms with E-state index in [-0.39, 0.29) is 5.82 Å². The zero-order valence-electron chi connectivity index (χ0n) is 8.03. The zero-order chi connectivity index (χ0) is 10.8. The van der Waals surface area contributed by atoms with Crippen LogP contribution in [-0.2, 0) is 0 Å². The van der Waals surface area contributed by atoms with E-state index in [1.807, 2.05) is 0 Å². The molecule has 0 aliphatic heterocycles. The topological polar surface area (TPSA) is 48.1 Å². The molecule has 0 aliphatic rings. The molecule has 2 N–H and O–H groups in total. The summed E-state index contributed by atoms with van der Waals surface area (Å²) in [7, 11) is 1.49. The fourth-order valence-electron chi connectivity index (χ4n) is 1.27. The quantitative estimate of drug-likeness (QED) is 0.852. The Balaban J connectivity index is 2.50. The number of thiazole rings is 1. The van der Waals surface area contributed by atoms with E-state index in [0.717, 1.165) is 0 Å². The largest absolute Gasteiger partial charge is 0.497 e. The van der Waals surface area contributed by atoms with E-state index >= 15 is 0 Å². The maximum absolute atomic E-state index is 13.6. The molecule has 0 saturated heterocycles. The van der Waals surface area contributed by atoms with Gasteiger partial charge < -0.3 is 10.5 Å². The smallest absolute Gasteiger partial charge is 0.136 e. The summed E-state index contributed by atoms with van der Waals surface area (Å²) in [5.74, 6) is 0.0944. The molecule has 1 heterocycles. The third-order valence-electron chi connectivity index (χ3n) is 2.03. The van der Waals surface area contributed by atoms with Gasteiger partial charge in [0.15, 0.2) is 0 Å². The highest BCUT2D eigenvalue weighted by Crippen LogP contribution is 2.31. The number of methoxy groups -OCH3 is 1. The van der Waals surface area contributed by atoms with Gasteiger partial charge in [0, 0.05) is 11.6 Å². The molecule has 1 aromatic heterocycles. The number of halogens is 1. The van der Waals surface area contributed by atoms with Crippen LogP contribution in [0.15, 0.2) is 23.7 Å². The summed E-state index contributed by atoms with van der Waals surface area (Å²) in [6.45, 7) is 0. The van der Waals surface area contributed by atoms with Crippen LogP contribution in [0.1, 0.15) is 0 Å². The molecule has 0 atom stereocenters. The van der Waals surface area contributed by atoms with E-state index in [4.69, 9.17) is 10.5 Å². The Labute approximate surface area is 90.3 Å². The lowest BCUT2D eigenvalue weighted by molar-refractivity contribution is 0.411. The lowest BCUT2D eigenvalue weighted by Gasteiger charge is -2.03. The summed E-state index contributed by atoms with van der Waals surface area (Å²) in [5, 5.41) is 0.513. The van der Waals surface area contributed by atoms with E-state index in [1.54, 1.807) is 17.6 Å². The van der Waals surface area contributed by atoms with Gasteiger partial charge in [0.2, 0.25) is 0 Å². The van der Waals surface area contributed by atoms with Gasteiger partial charge in [-0.1, -0.05) is 0 Å². The summed E-state index contributed by atoms with van der Waals surface area (Å²) in [4.78, 5) is 4.02. The molecule has 3 nitrogen and oxygen atoms in total. The molecule has 0 unspecified atom stereocenters. The van der Waals surface area contributed by atoms with Crippen molar-refractivity contribution < 1.29 is 9.13 Å². The van der Waals surface area contributed by atoms with Crippen molar-refractivity contribution in [3.8, 4) is 17.0 Å². The van der Waals surface area contributed by atoms with Gasteiger partial charge in [-0.15, -0.1) is 11.3 Å². The average molecular weight is 224 g/mol. The van der Waals surface area contributed by atoms with Crippen LogP contribution < -0.4 is 10.5 Å². The lowest BCUT2D eigenvalue weighted by Crippen LogP contribution is -1.91. The van der Waals surface area contributed by atoms with Gasteiger partial charge in [-0.05, 0) is 12.1 Å². The number of benzene rings is 1. The third-order valence-corrected chi connectivity index (χ3v) is 2.68. The van der Waals surface area contributed by atoms with Gasteiger partial charge in [0.05, 0.1) is 12.6 Å². The monoisotopic (exact) mass is 224 g/mol. The number of hydrogen-bond donors (Lipinski definition) is 1. The third kappa shape index (κ3) is 1.78. The van der Waals surface area contributed by atoms with Gasteiger partial charge in [0.25, 0.3) is 0 Å². The molecule has 0 bridgehead atoms. The molecule has 2 rings (SSSR count). The SMILES string of the molecule is COc1ccc(-c2ncsc2N)c(F)c1. The molecule has 5 heteroatoms. The molecule has 0 amide bonds. The first-order chi connectivity index (χ1) is 7.22. The number of anilines is 1. The second kappa shape index (κ2) is 3.86. The first-order valence-electron chi connectivity index (χ1n) is 4.25. The molecule has 0 spiro atoms. The van der Waals surface area contributed by atoms with Crippen LogP contribution in [0.2, 0.25) is 0 Å². The fourth-order valence-corrected chi connectivity index (χ4v) is 1.82. The van der Waals surface area contributed by atoms with Crippen molar-refractivity contribution in [1.29, 1.82) is 0 Å². The Morgan fingerprint density at radius 1 is 1.47 bits per heavy atom. The van der Waals surface area contributed by atoms with Crippen LogP contribution in [0.4, 0.5) is 9.39 Å². The first kappa shape index (κ1) is 9.92. The van der Waals surface area contributed by atoms with Crippen molar-refractivity contribution in [2.24, 2.45) is 0 Å². The molecule has 78 valence electrons. The summed E-state index contributed by atoms with van der Waals surface area (Å²) in [6.07, 6.45) is 0. The van der Waals surface area contributed by atoms with Crippen molar-refractivity contribution in [3.05, 3.63) is 29.5 Å². The number of nitrogens with zero attached hydrogens (tertiary/aromatic N) is 1. The van der Waals surface area contributed by atoms with Gasteiger partial charge >= 0.3 is 0 Å². The minimum atomic E-state index is -0.382. The molecule has 2 aromatic rings. The molecule has 0 saturated carbocycles. The Bertz CT molecular complexity index is 484. The van der Waals surface area contributed by atoms with Crippen molar-refractivity contribution >= 4 is 16.3 Å². The van der Waals surface area contributed by atoms with Crippen molar-refractivity contribution in [1.82, 2.24) is 4.98 Å². The number of nitrogen functional groups attached to an aromatic ring is 1. The summed E-state index contributed by atoms with van der Waals surface area (Å²) >= 11 is 1.29. The van der Waals surface area contributed by atoms with Crippen LogP contribution in [0.5, 0.6) is 5.75 Å². The summed E-state index contributed by atoms with van der Waals surface area (Å²) in [6, 6.07) is 4.60. The van der Waals surface area contributed by atoms with Crippen LogP contribution in [0.3, 0.4) is 0 Å². The molecular formula is C10H9FN2OS. The van der Waals surface area contributed by atoms with Crippen LogP contribution in [0, 0.1) is 5.82 Å². The minimum absolute atomic E-state index is 0.382.